The predicted octanol–water partition coefficient (Wildman–Crippen LogP) is 13.9. The molecule has 8 aromatic carbocycles. The smallest absolute Gasteiger partial charge is 0.268 e. The Morgan fingerprint density at radius 1 is 0.609 bits per heavy atom. The number of rotatable bonds is 5. The summed E-state index contributed by atoms with van der Waals surface area (Å²) in [5.74, 6) is 1.81. The summed E-state index contributed by atoms with van der Waals surface area (Å²) >= 11 is 0. The maximum Gasteiger partial charge on any atom is 0.268 e. The Morgan fingerprint density at radius 3 is 2.12 bits per heavy atom. The zero-order valence-corrected chi connectivity index (χ0v) is 37.3. The van der Waals surface area contributed by atoms with Crippen molar-refractivity contribution in [1.29, 1.82) is 0 Å². The molecular weight excluding hydrogens is 964 g/mol. The Balaban J connectivity index is 0.00000520. The molecule has 5 nitrogen and oxygen atoms in total. The fraction of sp³-hybridized carbons (Fsp3) is 0.0690. The molecule has 0 radical (unpaired) electrons. The van der Waals surface area contributed by atoms with Crippen molar-refractivity contribution in [2.24, 2.45) is 0 Å². The van der Waals surface area contributed by atoms with Gasteiger partial charge in [0, 0.05) is 44.3 Å². The van der Waals surface area contributed by atoms with Gasteiger partial charge >= 0.3 is 0 Å². The van der Waals surface area contributed by atoms with Gasteiger partial charge in [-0.05, 0) is 90.8 Å². The minimum absolute atomic E-state index is 0. The summed E-state index contributed by atoms with van der Waals surface area (Å²) in [7, 11) is 0. The molecule has 0 saturated heterocycles. The van der Waals surface area contributed by atoms with Crippen molar-refractivity contribution in [3.8, 4) is 73.2 Å². The van der Waals surface area contributed by atoms with Crippen LogP contribution >= 0.6 is 0 Å². The zero-order chi connectivity index (χ0) is 46.6. The van der Waals surface area contributed by atoms with Crippen LogP contribution in [0.3, 0.4) is 0 Å². The molecule has 6 heteroatoms. The quantitative estimate of drug-likeness (QED) is 0.127. The number of pyridine rings is 1. The Labute approximate surface area is 393 Å². The van der Waals surface area contributed by atoms with E-state index in [1.54, 1.807) is 0 Å². The minimum Gasteiger partial charge on any atom is -0.510 e. The van der Waals surface area contributed by atoms with E-state index in [1.165, 1.54) is 5.56 Å². The van der Waals surface area contributed by atoms with Crippen molar-refractivity contribution in [3.63, 3.8) is 0 Å². The summed E-state index contributed by atoms with van der Waals surface area (Å²) in [5.41, 5.74) is 12.1. The maximum absolute atomic E-state index is 9.12. The van der Waals surface area contributed by atoms with E-state index >= 15 is 0 Å². The summed E-state index contributed by atoms with van der Waals surface area (Å²) in [6.07, 6.45) is 5.58. The number of hydrogen-bond donors (Lipinski definition) is 0. The topological polar surface area (TPSA) is 35.9 Å². The van der Waals surface area contributed by atoms with Gasteiger partial charge in [-0.2, -0.15) is 18.2 Å². The molecule has 0 amide bonds. The van der Waals surface area contributed by atoms with Gasteiger partial charge in [0.2, 0.25) is 0 Å². The van der Waals surface area contributed by atoms with Crippen LogP contribution in [0.1, 0.15) is 33.2 Å². The van der Waals surface area contributed by atoms with Gasteiger partial charge in [-0.1, -0.05) is 154 Å². The Morgan fingerprint density at radius 2 is 1.28 bits per heavy atom. The van der Waals surface area contributed by atoms with Crippen molar-refractivity contribution in [2.45, 2.75) is 26.2 Å². The zero-order valence-electron chi connectivity index (χ0n) is 40.0. The van der Waals surface area contributed by atoms with Crippen LogP contribution in [-0.2, 0) is 26.5 Å². The predicted molar refractivity (Wildman–Crippen MR) is 254 cm³/mol. The first-order valence-electron chi connectivity index (χ1n) is 23.5. The van der Waals surface area contributed by atoms with Crippen molar-refractivity contribution in [3.05, 3.63) is 212 Å². The molecule has 0 fully saturated rings. The van der Waals surface area contributed by atoms with Crippen LogP contribution in [-0.4, -0.2) is 14.1 Å². The first-order chi connectivity index (χ1) is 33.0. The van der Waals surface area contributed by atoms with E-state index in [-0.39, 0.29) is 56.2 Å². The third kappa shape index (κ3) is 6.42. The van der Waals surface area contributed by atoms with Crippen molar-refractivity contribution < 1.29 is 37.2 Å². The minimum atomic E-state index is -0.435. The first-order valence-corrected chi connectivity index (χ1v) is 21.0. The number of fused-ring (bicyclic) bond motifs is 10. The first kappa shape index (κ1) is 34.2. The molecule has 0 spiro atoms. The SMILES string of the molecule is [2H]c1c([2H])c([2H])c(-c2cccc3c2-c2cccc4c2[n+]([c-]n4-c2[c-]c(Oc4[c-]c5c(cc4)c4ccccc4n5-c4cc(C(C)(C)C)ccn4)ccc2)-c2ccccc2-c2ccccc2-3)c([2H])c1[2H].[Pt]. The molecule has 0 bridgehead atoms. The molecule has 1 aliphatic heterocycles. The monoisotopic (exact) mass is 1010 g/mol. The average Bonchev–Trinajstić information content (AvgIpc) is 3.92. The van der Waals surface area contributed by atoms with Crippen LogP contribution in [0.15, 0.2) is 188 Å². The second kappa shape index (κ2) is 15.5. The van der Waals surface area contributed by atoms with Crippen LogP contribution in [0.2, 0.25) is 0 Å². The molecule has 3 aromatic heterocycles. The Hall–Kier alpha value is -7.33. The van der Waals surface area contributed by atoms with Crippen LogP contribution in [0, 0.1) is 18.5 Å². The van der Waals surface area contributed by atoms with Gasteiger partial charge in [-0.3, -0.25) is 4.57 Å². The number of hydrogen-bond acceptors (Lipinski definition) is 2. The molecule has 1 aliphatic rings. The van der Waals surface area contributed by atoms with Gasteiger partial charge in [0.25, 0.3) is 6.33 Å². The third-order valence-corrected chi connectivity index (χ3v) is 12.0. The number of ether oxygens (including phenoxy) is 1. The van der Waals surface area contributed by atoms with Crippen LogP contribution < -0.4 is 9.30 Å². The molecular formula is C58H40N4OPt-2. The second-order valence-electron chi connectivity index (χ2n) is 16.8. The maximum atomic E-state index is 9.12. The van der Waals surface area contributed by atoms with Crippen molar-refractivity contribution >= 4 is 32.8 Å². The molecule has 0 saturated carbocycles. The second-order valence-corrected chi connectivity index (χ2v) is 16.8. The van der Waals surface area contributed by atoms with Crippen molar-refractivity contribution in [2.75, 3.05) is 0 Å². The summed E-state index contributed by atoms with van der Waals surface area (Å²) < 4.78 is 56.8. The fourth-order valence-electron chi connectivity index (χ4n) is 9.14. The van der Waals surface area contributed by atoms with E-state index in [0.717, 1.165) is 77.7 Å². The molecule has 310 valence electrons. The largest absolute Gasteiger partial charge is 0.510 e. The van der Waals surface area contributed by atoms with E-state index in [4.69, 9.17) is 16.6 Å². The fourth-order valence-corrected chi connectivity index (χ4v) is 9.14. The van der Waals surface area contributed by atoms with E-state index in [0.29, 0.717) is 22.7 Å². The molecule has 4 heterocycles. The van der Waals surface area contributed by atoms with Crippen LogP contribution in [0.4, 0.5) is 0 Å². The van der Waals surface area contributed by atoms with Crippen LogP contribution in [0.5, 0.6) is 11.5 Å². The average molecular weight is 1010 g/mol. The standard InChI is InChI=1S/C58H40N4O.Pt/c1-58(2,3)39-32-33-59-55(34-39)62-52-28-12-10-23-47(52)48-31-30-42(36-54(48)62)63-41-19-13-18-40(35-41)60-37-61-51-27-11-9-22-46(51)44-20-7-8-21-45(44)49-25-14-24-43(38-16-5-4-6-17-38)56(49)50-26-15-29-53(60)57(50)61;/h4-34H,1-3H3;/q-2;/i4D,5D,6D,16D,17D;. The molecule has 0 N–H and O–H groups in total. The summed E-state index contributed by atoms with van der Waals surface area (Å²) in [6.45, 7) is 6.60. The van der Waals surface area contributed by atoms with Gasteiger partial charge < -0.3 is 13.9 Å². The van der Waals surface area contributed by atoms with Gasteiger partial charge in [0.1, 0.15) is 5.82 Å². The molecule has 0 aliphatic carbocycles. The van der Waals surface area contributed by atoms with E-state index in [2.05, 4.69) is 103 Å². The van der Waals surface area contributed by atoms with Crippen molar-refractivity contribution in [1.82, 2.24) is 14.1 Å². The summed E-state index contributed by atoms with van der Waals surface area (Å²) in [5, 5.41) is 2.13. The number of aromatic nitrogens is 4. The number of nitrogens with zero attached hydrogens (tertiary/aromatic N) is 4. The van der Waals surface area contributed by atoms with Gasteiger partial charge in [0.05, 0.1) is 23.6 Å². The van der Waals surface area contributed by atoms with Gasteiger partial charge in [0.15, 0.2) is 0 Å². The Bertz CT molecular complexity index is 3880. The third-order valence-electron chi connectivity index (χ3n) is 12.0. The van der Waals surface area contributed by atoms with Gasteiger partial charge in [-0.25, -0.2) is 4.98 Å². The molecule has 12 rings (SSSR count). The Kier molecular flexibility index (Phi) is 8.27. The van der Waals surface area contributed by atoms with E-state index in [9.17, 15) is 0 Å². The summed E-state index contributed by atoms with van der Waals surface area (Å²) in [6, 6.07) is 56.0. The van der Waals surface area contributed by atoms with E-state index < -0.39 is 6.04 Å². The molecule has 0 unspecified atom stereocenters. The molecule has 0 atom stereocenters. The summed E-state index contributed by atoms with van der Waals surface area (Å²) in [4.78, 5) is 4.84. The number of para-hydroxylation sites is 3. The number of benzene rings is 8. The number of imidazole rings is 1. The molecule has 11 aromatic rings. The van der Waals surface area contributed by atoms with Crippen LogP contribution in [0.25, 0.3) is 94.5 Å². The van der Waals surface area contributed by atoms with Gasteiger partial charge in [-0.15, -0.1) is 29.7 Å². The molecule has 64 heavy (non-hydrogen) atoms. The normalized spacial score (nSPS) is 13.0. The van der Waals surface area contributed by atoms with E-state index in [1.807, 2.05) is 108 Å².